The highest BCUT2D eigenvalue weighted by molar-refractivity contribution is 5.82. The van der Waals surface area contributed by atoms with Crippen molar-refractivity contribution in [3.63, 3.8) is 0 Å². The first-order valence-corrected chi connectivity index (χ1v) is 9.55. The van der Waals surface area contributed by atoms with Gasteiger partial charge in [-0.15, -0.1) is 0 Å². The molecule has 0 bridgehead atoms. The summed E-state index contributed by atoms with van der Waals surface area (Å²) in [5, 5.41) is 7.89. The molecule has 0 saturated carbocycles. The molecule has 1 fully saturated rings. The Kier molecular flexibility index (Phi) is 4.18. The molecule has 1 aliphatic rings. The number of hydrogen-bond acceptors (Lipinski definition) is 5. The molecule has 2 aromatic carbocycles. The summed E-state index contributed by atoms with van der Waals surface area (Å²) in [4.78, 5) is 7.07. The van der Waals surface area contributed by atoms with E-state index in [2.05, 4.69) is 44.6 Å². The summed E-state index contributed by atoms with van der Waals surface area (Å²) in [5.41, 5.74) is 12.4. The molecule has 3 N–H and O–H groups in total. The lowest BCUT2D eigenvalue weighted by atomic mass is 10.1. The Morgan fingerprint density at radius 3 is 2.29 bits per heavy atom. The van der Waals surface area contributed by atoms with Crippen molar-refractivity contribution in [3.05, 3.63) is 67.0 Å². The van der Waals surface area contributed by atoms with E-state index in [0.29, 0.717) is 5.82 Å². The molecular formula is C22H22N6. The van der Waals surface area contributed by atoms with Gasteiger partial charge in [-0.1, -0.05) is 42.5 Å². The van der Waals surface area contributed by atoms with Crippen molar-refractivity contribution in [1.29, 1.82) is 0 Å². The van der Waals surface area contributed by atoms with Gasteiger partial charge in [-0.3, -0.25) is 0 Å². The molecule has 0 unspecified atom stereocenters. The van der Waals surface area contributed by atoms with Crippen LogP contribution in [0.5, 0.6) is 0 Å². The number of anilines is 2. The Morgan fingerprint density at radius 2 is 1.54 bits per heavy atom. The smallest absolute Gasteiger partial charge is 0.165 e. The van der Waals surface area contributed by atoms with Crippen molar-refractivity contribution in [3.8, 4) is 22.3 Å². The van der Waals surface area contributed by atoms with Crippen molar-refractivity contribution < 1.29 is 0 Å². The van der Waals surface area contributed by atoms with Gasteiger partial charge in [0.2, 0.25) is 0 Å². The van der Waals surface area contributed by atoms with Crippen LogP contribution in [0, 0.1) is 0 Å². The lowest BCUT2D eigenvalue weighted by Gasteiger charge is -2.29. The molecule has 0 amide bonds. The van der Waals surface area contributed by atoms with Crippen LogP contribution in [0.25, 0.3) is 27.9 Å². The second kappa shape index (κ2) is 6.98. The van der Waals surface area contributed by atoms with Gasteiger partial charge in [-0.2, -0.15) is 9.61 Å². The molecule has 4 aromatic rings. The van der Waals surface area contributed by atoms with Gasteiger partial charge in [0, 0.05) is 49.2 Å². The van der Waals surface area contributed by atoms with Gasteiger partial charge in [-0.25, -0.2) is 4.98 Å². The fourth-order valence-electron chi connectivity index (χ4n) is 3.77. The summed E-state index contributed by atoms with van der Waals surface area (Å²) in [7, 11) is 0. The number of benzene rings is 2. The SMILES string of the molecule is Nc1c(-c2ccccc2)cnc2c(-c3ccc(N4CCNCC4)cc3)cnn12. The maximum atomic E-state index is 6.41. The molecule has 0 spiro atoms. The normalized spacial score (nSPS) is 14.5. The molecule has 140 valence electrons. The molecule has 5 rings (SSSR count). The highest BCUT2D eigenvalue weighted by Gasteiger charge is 2.15. The Morgan fingerprint density at radius 1 is 0.821 bits per heavy atom. The van der Waals surface area contributed by atoms with Crippen molar-refractivity contribution >= 4 is 17.2 Å². The minimum Gasteiger partial charge on any atom is -0.383 e. The Labute approximate surface area is 163 Å². The summed E-state index contributed by atoms with van der Waals surface area (Å²) >= 11 is 0. The van der Waals surface area contributed by atoms with Gasteiger partial charge in [0.05, 0.1) is 6.20 Å². The number of rotatable bonds is 3. The van der Waals surface area contributed by atoms with E-state index in [1.54, 1.807) is 4.52 Å². The number of nitrogens with two attached hydrogens (primary N) is 1. The van der Waals surface area contributed by atoms with E-state index in [0.717, 1.165) is 54.1 Å². The average Bonchev–Trinajstić information content (AvgIpc) is 3.20. The van der Waals surface area contributed by atoms with Crippen LogP contribution in [0.1, 0.15) is 0 Å². The molecular weight excluding hydrogens is 348 g/mol. The highest BCUT2D eigenvalue weighted by Crippen LogP contribution is 2.30. The third-order valence-electron chi connectivity index (χ3n) is 5.31. The van der Waals surface area contributed by atoms with Crippen LogP contribution in [0.4, 0.5) is 11.5 Å². The Hall–Kier alpha value is -3.38. The van der Waals surface area contributed by atoms with Crippen LogP contribution in [-0.4, -0.2) is 40.8 Å². The predicted molar refractivity (Wildman–Crippen MR) is 113 cm³/mol. The van der Waals surface area contributed by atoms with Gasteiger partial charge >= 0.3 is 0 Å². The zero-order valence-corrected chi connectivity index (χ0v) is 15.5. The first kappa shape index (κ1) is 16.8. The number of fused-ring (bicyclic) bond motifs is 1. The summed E-state index contributed by atoms with van der Waals surface area (Å²) in [6, 6.07) is 18.6. The topological polar surface area (TPSA) is 71.5 Å². The van der Waals surface area contributed by atoms with Crippen LogP contribution >= 0.6 is 0 Å². The molecule has 28 heavy (non-hydrogen) atoms. The van der Waals surface area contributed by atoms with Crippen molar-refractivity contribution in [2.45, 2.75) is 0 Å². The van der Waals surface area contributed by atoms with E-state index in [1.165, 1.54) is 5.69 Å². The van der Waals surface area contributed by atoms with Crippen molar-refractivity contribution in [2.24, 2.45) is 0 Å². The van der Waals surface area contributed by atoms with E-state index >= 15 is 0 Å². The standard InChI is InChI=1S/C22H22N6/c23-21-19(16-4-2-1-3-5-16)14-25-22-20(15-26-28(21)22)17-6-8-18(9-7-17)27-12-10-24-11-13-27/h1-9,14-15,24H,10-13,23H2. The minimum atomic E-state index is 0.597. The summed E-state index contributed by atoms with van der Waals surface area (Å²) in [5.74, 6) is 0.597. The number of aromatic nitrogens is 3. The quantitative estimate of drug-likeness (QED) is 0.580. The third-order valence-corrected chi connectivity index (χ3v) is 5.31. The molecule has 2 aromatic heterocycles. The van der Waals surface area contributed by atoms with Crippen LogP contribution in [0.2, 0.25) is 0 Å². The van der Waals surface area contributed by atoms with Crippen LogP contribution in [0.3, 0.4) is 0 Å². The first-order valence-electron chi connectivity index (χ1n) is 9.55. The van der Waals surface area contributed by atoms with Crippen molar-refractivity contribution in [1.82, 2.24) is 19.9 Å². The van der Waals surface area contributed by atoms with E-state index in [1.807, 2.05) is 42.7 Å². The largest absolute Gasteiger partial charge is 0.383 e. The highest BCUT2D eigenvalue weighted by atomic mass is 15.3. The zero-order valence-electron chi connectivity index (χ0n) is 15.5. The lowest BCUT2D eigenvalue weighted by molar-refractivity contribution is 0.589. The summed E-state index contributed by atoms with van der Waals surface area (Å²) in [6.45, 7) is 4.14. The van der Waals surface area contributed by atoms with Gasteiger partial charge in [0.1, 0.15) is 5.82 Å². The zero-order chi connectivity index (χ0) is 18.9. The van der Waals surface area contributed by atoms with E-state index < -0.39 is 0 Å². The number of nitrogens with zero attached hydrogens (tertiary/aromatic N) is 4. The maximum absolute atomic E-state index is 6.41. The van der Waals surface area contributed by atoms with Gasteiger partial charge < -0.3 is 16.0 Å². The fourth-order valence-corrected chi connectivity index (χ4v) is 3.77. The fraction of sp³-hybridized carbons (Fsp3) is 0.182. The first-order chi connectivity index (χ1) is 13.8. The van der Waals surface area contributed by atoms with Gasteiger partial charge in [-0.05, 0) is 23.3 Å². The molecule has 1 aliphatic heterocycles. The van der Waals surface area contributed by atoms with Gasteiger partial charge in [0.25, 0.3) is 0 Å². The minimum absolute atomic E-state index is 0.597. The molecule has 0 radical (unpaired) electrons. The second-order valence-corrected chi connectivity index (χ2v) is 7.00. The number of hydrogen-bond donors (Lipinski definition) is 2. The van der Waals surface area contributed by atoms with Gasteiger partial charge in [0.15, 0.2) is 5.65 Å². The van der Waals surface area contributed by atoms with Crippen molar-refractivity contribution in [2.75, 3.05) is 36.8 Å². The van der Waals surface area contributed by atoms with E-state index in [9.17, 15) is 0 Å². The summed E-state index contributed by atoms with van der Waals surface area (Å²) < 4.78 is 1.72. The Balaban J connectivity index is 1.51. The maximum Gasteiger partial charge on any atom is 0.165 e. The molecule has 0 atom stereocenters. The third kappa shape index (κ3) is 2.88. The molecule has 3 heterocycles. The monoisotopic (exact) mass is 370 g/mol. The van der Waals surface area contributed by atoms with Crippen LogP contribution in [-0.2, 0) is 0 Å². The molecule has 0 aliphatic carbocycles. The summed E-state index contributed by atoms with van der Waals surface area (Å²) in [6.07, 6.45) is 3.67. The van der Waals surface area contributed by atoms with E-state index in [4.69, 9.17) is 5.73 Å². The predicted octanol–water partition coefficient (Wildman–Crippen LogP) is 3.06. The Bertz CT molecular complexity index is 1100. The molecule has 6 heteroatoms. The molecule has 6 nitrogen and oxygen atoms in total. The number of nitrogen functional groups attached to an aromatic ring is 1. The van der Waals surface area contributed by atoms with Crippen LogP contribution < -0.4 is 16.0 Å². The van der Waals surface area contributed by atoms with E-state index in [-0.39, 0.29) is 0 Å². The molecule has 1 saturated heterocycles. The number of nitrogens with one attached hydrogen (secondary N) is 1. The lowest BCUT2D eigenvalue weighted by Crippen LogP contribution is -2.43. The number of piperazine rings is 1. The average molecular weight is 370 g/mol. The second-order valence-electron chi connectivity index (χ2n) is 7.00. The van der Waals surface area contributed by atoms with Crippen LogP contribution in [0.15, 0.2) is 67.0 Å².